The number of rotatable bonds is 0. The summed E-state index contributed by atoms with van der Waals surface area (Å²) >= 11 is 0. The van der Waals surface area contributed by atoms with Gasteiger partial charge in [0.2, 0.25) is 0 Å². The molecule has 0 fully saturated rings. The Morgan fingerprint density at radius 1 is 1.13 bits per heavy atom. The lowest BCUT2D eigenvalue weighted by molar-refractivity contribution is 1.10. The molecule has 0 atom stereocenters. The van der Waals surface area contributed by atoms with E-state index in [9.17, 15) is 0 Å². The lowest BCUT2D eigenvalue weighted by Gasteiger charge is -1.84. The fourth-order valence-corrected chi connectivity index (χ4v) is 1.08. The largest absolute Gasteiger partial charge is 0.244 e. The summed E-state index contributed by atoms with van der Waals surface area (Å²) in [5, 5.41) is 2.13. The fourth-order valence-electron chi connectivity index (χ4n) is 1.08. The van der Waals surface area contributed by atoms with Crippen LogP contribution in [0.15, 0.2) is 24.7 Å². The van der Waals surface area contributed by atoms with Crippen molar-refractivity contribution < 1.29 is 0 Å². The SMILES string of the molecule is C1=CCC=c2cncnc2=C1.CC.CC. The fraction of sp³-hybridized carbons (Fsp3) is 0.385. The smallest absolute Gasteiger partial charge is 0.116 e. The van der Waals surface area contributed by atoms with Gasteiger partial charge in [-0.2, -0.15) is 0 Å². The first-order valence-electron chi connectivity index (χ1n) is 5.60. The van der Waals surface area contributed by atoms with Crippen molar-refractivity contribution >= 4 is 12.2 Å². The predicted octanol–water partition coefficient (Wildman–Crippen LogP) is 2.05. The molecule has 0 saturated carbocycles. The molecule has 0 unspecified atom stereocenters. The molecule has 0 aliphatic heterocycles. The number of allylic oxidation sites excluding steroid dienone is 2. The molecule has 0 amide bonds. The molecule has 1 aliphatic carbocycles. The molecule has 1 aromatic rings. The van der Waals surface area contributed by atoms with Gasteiger partial charge in [0.05, 0.1) is 5.35 Å². The highest BCUT2D eigenvalue weighted by atomic mass is 14.8. The van der Waals surface area contributed by atoms with Crippen LogP contribution in [0.25, 0.3) is 12.2 Å². The summed E-state index contributed by atoms with van der Waals surface area (Å²) in [4.78, 5) is 8.08. The van der Waals surface area contributed by atoms with E-state index >= 15 is 0 Å². The van der Waals surface area contributed by atoms with E-state index in [-0.39, 0.29) is 0 Å². The highest BCUT2D eigenvalue weighted by Crippen LogP contribution is 1.86. The number of hydrogen-bond donors (Lipinski definition) is 0. The molecule has 2 rings (SSSR count). The van der Waals surface area contributed by atoms with Crippen molar-refractivity contribution in [1.29, 1.82) is 0 Å². The van der Waals surface area contributed by atoms with Crippen molar-refractivity contribution in [2.75, 3.05) is 0 Å². The second-order valence-electron chi connectivity index (χ2n) is 2.40. The number of aromatic nitrogens is 2. The van der Waals surface area contributed by atoms with Gasteiger partial charge >= 0.3 is 0 Å². The van der Waals surface area contributed by atoms with E-state index in [2.05, 4.69) is 22.1 Å². The second kappa shape index (κ2) is 9.13. The topological polar surface area (TPSA) is 25.8 Å². The zero-order chi connectivity index (χ0) is 11.5. The molecular weight excluding hydrogens is 184 g/mol. The summed E-state index contributed by atoms with van der Waals surface area (Å²) in [6.07, 6.45) is 12.6. The van der Waals surface area contributed by atoms with Crippen molar-refractivity contribution in [2.24, 2.45) is 0 Å². The van der Waals surface area contributed by atoms with Gasteiger partial charge in [-0.25, -0.2) is 9.97 Å². The first kappa shape index (κ1) is 13.6. The molecule has 82 valence electrons. The van der Waals surface area contributed by atoms with Crippen LogP contribution in [0.4, 0.5) is 0 Å². The summed E-state index contributed by atoms with van der Waals surface area (Å²) in [7, 11) is 0. The van der Waals surface area contributed by atoms with Crippen molar-refractivity contribution in [2.45, 2.75) is 34.1 Å². The van der Waals surface area contributed by atoms with Crippen molar-refractivity contribution in [3.05, 3.63) is 35.2 Å². The van der Waals surface area contributed by atoms with Gasteiger partial charge in [-0.15, -0.1) is 0 Å². The molecule has 1 heterocycles. The van der Waals surface area contributed by atoms with E-state index in [1.807, 2.05) is 46.0 Å². The van der Waals surface area contributed by atoms with Gasteiger partial charge in [0.25, 0.3) is 0 Å². The minimum absolute atomic E-state index is 0.969. The summed E-state index contributed by atoms with van der Waals surface area (Å²) in [5.41, 5.74) is 0. The zero-order valence-electron chi connectivity index (χ0n) is 10.1. The Labute approximate surface area is 92.1 Å². The predicted molar refractivity (Wildman–Crippen MR) is 66.7 cm³/mol. The van der Waals surface area contributed by atoms with E-state index in [1.54, 1.807) is 6.33 Å². The molecule has 0 spiro atoms. The maximum absolute atomic E-state index is 4.13. The van der Waals surface area contributed by atoms with Crippen LogP contribution < -0.4 is 10.6 Å². The summed E-state index contributed by atoms with van der Waals surface area (Å²) < 4.78 is 0. The van der Waals surface area contributed by atoms with Gasteiger partial charge in [0, 0.05) is 11.4 Å². The van der Waals surface area contributed by atoms with Gasteiger partial charge in [-0.05, 0) is 12.5 Å². The summed E-state index contributed by atoms with van der Waals surface area (Å²) in [6, 6.07) is 0. The van der Waals surface area contributed by atoms with E-state index in [1.165, 1.54) is 0 Å². The van der Waals surface area contributed by atoms with E-state index in [0.29, 0.717) is 0 Å². The second-order valence-corrected chi connectivity index (χ2v) is 2.40. The van der Waals surface area contributed by atoms with Crippen LogP contribution in [0.5, 0.6) is 0 Å². The molecule has 0 bridgehead atoms. The van der Waals surface area contributed by atoms with E-state index < -0.39 is 0 Å². The van der Waals surface area contributed by atoms with E-state index in [4.69, 9.17) is 0 Å². The Morgan fingerprint density at radius 3 is 2.60 bits per heavy atom. The van der Waals surface area contributed by atoms with Gasteiger partial charge in [-0.3, -0.25) is 0 Å². The average Bonchev–Trinajstić information content (AvgIpc) is 2.59. The van der Waals surface area contributed by atoms with Gasteiger partial charge in [-0.1, -0.05) is 45.9 Å². The molecule has 1 aromatic heterocycles. The molecule has 0 aromatic carbocycles. The maximum Gasteiger partial charge on any atom is 0.116 e. The molecule has 1 aliphatic rings. The van der Waals surface area contributed by atoms with Gasteiger partial charge in [0.1, 0.15) is 6.33 Å². The average molecular weight is 204 g/mol. The van der Waals surface area contributed by atoms with Gasteiger partial charge in [0.15, 0.2) is 0 Å². The van der Waals surface area contributed by atoms with Crippen LogP contribution in [-0.2, 0) is 0 Å². The Hall–Kier alpha value is -1.44. The molecule has 0 N–H and O–H groups in total. The van der Waals surface area contributed by atoms with Crippen LogP contribution in [0.3, 0.4) is 0 Å². The third-order valence-electron chi connectivity index (χ3n) is 1.64. The summed E-state index contributed by atoms with van der Waals surface area (Å²) in [6.45, 7) is 8.00. The number of fused-ring (bicyclic) bond motifs is 1. The lowest BCUT2D eigenvalue weighted by atomic mass is 10.3. The monoisotopic (exact) mass is 204 g/mol. The number of nitrogens with zero attached hydrogens (tertiary/aromatic N) is 2. The van der Waals surface area contributed by atoms with Crippen LogP contribution in [0.2, 0.25) is 0 Å². The summed E-state index contributed by atoms with van der Waals surface area (Å²) in [5.74, 6) is 0. The molecule has 15 heavy (non-hydrogen) atoms. The van der Waals surface area contributed by atoms with Gasteiger partial charge < -0.3 is 0 Å². The van der Waals surface area contributed by atoms with Crippen molar-refractivity contribution in [3.63, 3.8) is 0 Å². The first-order valence-corrected chi connectivity index (χ1v) is 5.60. The minimum Gasteiger partial charge on any atom is -0.244 e. The van der Waals surface area contributed by atoms with Crippen LogP contribution in [0, 0.1) is 0 Å². The standard InChI is InChI=1S/C9H8N2.2C2H6/c1-2-4-8-6-10-7-11-9(8)5-3-1;2*1-2/h1,3-7H,2H2;2*1-2H3. The highest BCUT2D eigenvalue weighted by Gasteiger charge is 1.86. The first-order chi connectivity index (χ1) is 7.47. The molecule has 0 saturated heterocycles. The maximum atomic E-state index is 4.13. The third-order valence-corrected chi connectivity index (χ3v) is 1.64. The number of hydrogen-bond acceptors (Lipinski definition) is 2. The van der Waals surface area contributed by atoms with Crippen LogP contribution >= 0.6 is 0 Å². The Morgan fingerprint density at radius 2 is 1.87 bits per heavy atom. The minimum atomic E-state index is 0.969. The Kier molecular flexibility index (Phi) is 8.25. The normalized spacial score (nSPS) is 11.2. The Balaban J connectivity index is 0.000000442. The van der Waals surface area contributed by atoms with Crippen molar-refractivity contribution in [1.82, 2.24) is 9.97 Å². The lowest BCUT2D eigenvalue weighted by Crippen LogP contribution is -2.27. The highest BCUT2D eigenvalue weighted by molar-refractivity contribution is 5.41. The van der Waals surface area contributed by atoms with E-state index in [0.717, 1.165) is 17.0 Å². The van der Waals surface area contributed by atoms with Crippen LogP contribution in [-0.4, -0.2) is 9.97 Å². The van der Waals surface area contributed by atoms with Crippen molar-refractivity contribution in [3.8, 4) is 0 Å². The third kappa shape index (κ3) is 4.54. The Bertz CT molecular complexity index is 391. The molecular formula is C13H20N2. The zero-order valence-corrected chi connectivity index (χ0v) is 10.1. The van der Waals surface area contributed by atoms with Crippen LogP contribution in [0.1, 0.15) is 34.1 Å². The molecule has 2 nitrogen and oxygen atoms in total. The molecule has 2 heteroatoms. The quantitative estimate of drug-likeness (QED) is 0.646. The molecule has 0 radical (unpaired) electrons.